The summed E-state index contributed by atoms with van der Waals surface area (Å²) in [5.41, 5.74) is 0. The number of likely N-dealkylation sites (tertiary alicyclic amines) is 1. The summed E-state index contributed by atoms with van der Waals surface area (Å²) in [6.07, 6.45) is 6.17. The lowest BCUT2D eigenvalue weighted by Gasteiger charge is -2.28. The fourth-order valence-corrected chi connectivity index (χ4v) is 3.47. The minimum absolute atomic E-state index is 0.0691. The van der Waals surface area contributed by atoms with Crippen LogP contribution in [0.25, 0.3) is 0 Å². The van der Waals surface area contributed by atoms with E-state index >= 15 is 0 Å². The van der Waals surface area contributed by atoms with Gasteiger partial charge in [0.05, 0.1) is 0 Å². The van der Waals surface area contributed by atoms with Crippen LogP contribution >= 0.6 is 0 Å². The van der Waals surface area contributed by atoms with Crippen LogP contribution in [0.15, 0.2) is 0 Å². The fourth-order valence-electron chi connectivity index (χ4n) is 3.47. The topological polar surface area (TPSA) is 81.7 Å². The van der Waals surface area contributed by atoms with Crippen molar-refractivity contribution in [2.24, 2.45) is 11.8 Å². The average molecular weight is 297 g/mol. The highest BCUT2D eigenvalue weighted by Crippen LogP contribution is 2.26. The smallest absolute Gasteiger partial charge is 0.326 e. The number of carbonyl (C=O) groups excluding carboxylic acids is 1. The molecule has 0 bridgehead atoms. The van der Waals surface area contributed by atoms with E-state index in [1.165, 1.54) is 6.42 Å². The summed E-state index contributed by atoms with van der Waals surface area (Å²) in [5.74, 6) is -0.379. The van der Waals surface area contributed by atoms with Crippen LogP contribution in [0.1, 0.15) is 38.5 Å². The van der Waals surface area contributed by atoms with Crippen LogP contribution in [0.3, 0.4) is 0 Å². The molecule has 1 saturated carbocycles. The molecule has 0 spiro atoms. The van der Waals surface area contributed by atoms with E-state index in [0.717, 1.165) is 45.2 Å². The van der Waals surface area contributed by atoms with Crippen molar-refractivity contribution in [1.82, 2.24) is 15.5 Å². The Morgan fingerprint density at radius 1 is 1.24 bits per heavy atom. The Bertz CT molecular complexity index is 369. The summed E-state index contributed by atoms with van der Waals surface area (Å²) in [7, 11) is 2.07. The highest BCUT2D eigenvalue weighted by Gasteiger charge is 2.31. The van der Waals surface area contributed by atoms with Gasteiger partial charge in [-0.05, 0) is 44.7 Å². The van der Waals surface area contributed by atoms with Gasteiger partial charge in [-0.1, -0.05) is 19.3 Å². The van der Waals surface area contributed by atoms with Crippen LogP contribution in [0.4, 0.5) is 4.79 Å². The summed E-state index contributed by atoms with van der Waals surface area (Å²) in [6, 6.07) is -1.10. The molecule has 3 N–H and O–H groups in total. The summed E-state index contributed by atoms with van der Waals surface area (Å²) >= 11 is 0. The predicted molar refractivity (Wildman–Crippen MR) is 80.1 cm³/mol. The molecule has 1 saturated heterocycles. The van der Waals surface area contributed by atoms with Gasteiger partial charge in [0, 0.05) is 13.1 Å². The van der Waals surface area contributed by atoms with Gasteiger partial charge < -0.3 is 20.6 Å². The number of aliphatic carboxylic acids is 1. The number of nitrogens with zero attached hydrogens (tertiary/aromatic N) is 1. The standard InChI is InChI=1S/C15H27N3O3/c1-18-8-7-11(10-18)9-16-15(21)17-13(14(19)20)12-5-3-2-4-6-12/h11-13H,2-10H2,1H3,(H,19,20)(H2,16,17,21). The predicted octanol–water partition coefficient (Wildman–Crippen LogP) is 1.27. The second-order valence-electron chi connectivity index (χ2n) is 6.49. The van der Waals surface area contributed by atoms with Crippen LogP contribution in [0.5, 0.6) is 0 Å². The normalized spacial score (nSPS) is 25.5. The van der Waals surface area contributed by atoms with Crippen molar-refractivity contribution >= 4 is 12.0 Å². The lowest BCUT2D eigenvalue weighted by atomic mass is 9.84. The summed E-state index contributed by atoms with van der Waals surface area (Å²) in [6.45, 7) is 2.67. The number of urea groups is 1. The van der Waals surface area contributed by atoms with E-state index in [1.54, 1.807) is 0 Å². The van der Waals surface area contributed by atoms with Crippen molar-refractivity contribution in [3.8, 4) is 0 Å². The number of nitrogens with one attached hydrogen (secondary N) is 2. The maximum Gasteiger partial charge on any atom is 0.326 e. The summed E-state index contributed by atoms with van der Waals surface area (Å²) < 4.78 is 0. The quantitative estimate of drug-likeness (QED) is 0.714. The highest BCUT2D eigenvalue weighted by molar-refractivity contribution is 5.82. The Kier molecular flexibility index (Phi) is 5.85. The van der Waals surface area contributed by atoms with E-state index < -0.39 is 12.0 Å². The number of hydrogen-bond donors (Lipinski definition) is 3. The van der Waals surface area contributed by atoms with Crippen LogP contribution in [0.2, 0.25) is 0 Å². The van der Waals surface area contributed by atoms with E-state index in [2.05, 4.69) is 22.6 Å². The fraction of sp³-hybridized carbons (Fsp3) is 0.867. The van der Waals surface area contributed by atoms with Crippen LogP contribution in [-0.2, 0) is 4.79 Å². The zero-order valence-electron chi connectivity index (χ0n) is 12.8. The maximum absolute atomic E-state index is 11.9. The lowest BCUT2D eigenvalue weighted by molar-refractivity contribution is -0.141. The molecule has 6 heteroatoms. The summed E-state index contributed by atoms with van der Waals surface area (Å²) in [5, 5.41) is 14.8. The molecule has 0 aromatic rings. The molecule has 120 valence electrons. The van der Waals surface area contributed by atoms with Crippen LogP contribution < -0.4 is 10.6 Å². The first-order valence-corrected chi connectivity index (χ1v) is 8.02. The third kappa shape index (κ3) is 4.88. The minimum Gasteiger partial charge on any atom is -0.480 e. The van der Waals surface area contributed by atoms with Gasteiger partial charge in [-0.15, -0.1) is 0 Å². The second-order valence-corrected chi connectivity index (χ2v) is 6.49. The van der Waals surface area contributed by atoms with Gasteiger partial charge in [-0.3, -0.25) is 0 Å². The van der Waals surface area contributed by atoms with Crippen molar-refractivity contribution in [3.63, 3.8) is 0 Å². The molecule has 2 unspecified atom stereocenters. The second kappa shape index (κ2) is 7.64. The first-order valence-electron chi connectivity index (χ1n) is 8.02. The Morgan fingerprint density at radius 2 is 1.95 bits per heavy atom. The van der Waals surface area contributed by atoms with Gasteiger partial charge in [0.25, 0.3) is 0 Å². The van der Waals surface area contributed by atoms with Gasteiger partial charge in [0.2, 0.25) is 0 Å². The molecule has 2 rings (SSSR count). The molecular formula is C15H27N3O3. The van der Waals surface area contributed by atoms with E-state index in [0.29, 0.717) is 12.5 Å². The average Bonchev–Trinajstić information content (AvgIpc) is 2.89. The number of rotatable bonds is 5. The molecule has 0 aromatic carbocycles. The Labute approximate surface area is 126 Å². The molecule has 1 heterocycles. The number of amides is 2. The van der Waals surface area contributed by atoms with Gasteiger partial charge >= 0.3 is 12.0 Å². The van der Waals surface area contributed by atoms with Gasteiger partial charge in [0.15, 0.2) is 0 Å². The molecule has 1 aliphatic carbocycles. The number of carboxylic acids is 1. The van der Waals surface area contributed by atoms with Crippen molar-refractivity contribution in [3.05, 3.63) is 0 Å². The van der Waals surface area contributed by atoms with E-state index in [9.17, 15) is 14.7 Å². The molecule has 2 aliphatic rings. The molecule has 6 nitrogen and oxygen atoms in total. The molecule has 2 fully saturated rings. The molecule has 1 aliphatic heterocycles. The minimum atomic E-state index is -0.919. The number of carbonyl (C=O) groups is 2. The third-order valence-electron chi connectivity index (χ3n) is 4.71. The van der Waals surface area contributed by atoms with Crippen molar-refractivity contribution in [2.75, 3.05) is 26.7 Å². The van der Waals surface area contributed by atoms with Gasteiger partial charge in [0.1, 0.15) is 6.04 Å². The van der Waals surface area contributed by atoms with Crippen LogP contribution in [-0.4, -0.2) is 54.7 Å². The Morgan fingerprint density at radius 3 is 2.52 bits per heavy atom. The maximum atomic E-state index is 11.9. The molecule has 2 amide bonds. The van der Waals surface area contributed by atoms with E-state index in [1.807, 2.05) is 0 Å². The SMILES string of the molecule is CN1CCC(CNC(=O)NC(C(=O)O)C2CCCCC2)C1. The van der Waals surface area contributed by atoms with Gasteiger partial charge in [-0.25, -0.2) is 9.59 Å². The Hall–Kier alpha value is -1.30. The largest absolute Gasteiger partial charge is 0.480 e. The Balaban J connectivity index is 1.76. The van der Waals surface area contributed by atoms with Crippen molar-refractivity contribution in [1.29, 1.82) is 0 Å². The van der Waals surface area contributed by atoms with E-state index in [4.69, 9.17) is 0 Å². The molecular weight excluding hydrogens is 270 g/mol. The summed E-state index contributed by atoms with van der Waals surface area (Å²) in [4.78, 5) is 25.6. The lowest BCUT2D eigenvalue weighted by Crippen LogP contribution is -2.50. The van der Waals surface area contributed by atoms with E-state index in [-0.39, 0.29) is 11.9 Å². The molecule has 2 atom stereocenters. The van der Waals surface area contributed by atoms with Crippen LogP contribution in [0, 0.1) is 11.8 Å². The molecule has 21 heavy (non-hydrogen) atoms. The first-order chi connectivity index (χ1) is 10.1. The molecule has 0 radical (unpaired) electrons. The van der Waals surface area contributed by atoms with Gasteiger partial charge in [-0.2, -0.15) is 0 Å². The monoisotopic (exact) mass is 297 g/mol. The molecule has 0 aromatic heterocycles. The van der Waals surface area contributed by atoms with Crippen molar-refractivity contribution < 1.29 is 14.7 Å². The number of carboxylic acid groups (broad SMARTS) is 1. The highest BCUT2D eigenvalue weighted by atomic mass is 16.4. The van der Waals surface area contributed by atoms with Crippen molar-refractivity contribution in [2.45, 2.75) is 44.6 Å². The number of hydrogen-bond acceptors (Lipinski definition) is 3. The zero-order chi connectivity index (χ0) is 15.2. The zero-order valence-corrected chi connectivity index (χ0v) is 12.8. The first kappa shape index (κ1) is 16.1. The third-order valence-corrected chi connectivity index (χ3v) is 4.71.